The van der Waals surface area contributed by atoms with Gasteiger partial charge in [0.05, 0.1) is 16.4 Å². The van der Waals surface area contributed by atoms with Gasteiger partial charge in [0.25, 0.3) is 5.69 Å². The molecule has 5 nitrogen and oxygen atoms in total. The average molecular weight is 317 g/mol. The molecule has 0 fully saturated rings. The Kier molecular flexibility index (Phi) is 6.14. The predicted molar refractivity (Wildman–Crippen MR) is 93.6 cm³/mol. The van der Waals surface area contributed by atoms with Crippen molar-refractivity contribution in [1.82, 2.24) is 0 Å². The maximum absolute atomic E-state index is 11.6. The molecule has 0 aromatic heterocycles. The Labute approximate surface area is 139 Å². The van der Waals surface area contributed by atoms with Gasteiger partial charge in [0.15, 0.2) is 0 Å². The van der Waals surface area contributed by atoms with Crippen molar-refractivity contribution in [2.24, 2.45) is 11.8 Å². The van der Waals surface area contributed by atoms with Crippen LogP contribution in [0, 0.1) is 33.3 Å². The third-order valence-electron chi connectivity index (χ3n) is 3.69. The van der Waals surface area contributed by atoms with E-state index in [9.17, 15) is 15.4 Å². The van der Waals surface area contributed by atoms with Crippen LogP contribution in [0.3, 0.4) is 0 Å². The van der Waals surface area contributed by atoms with Crippen molar-refractivity contribution in [3.8, 4) is 6.07 Å². The van der Waals surface area contributed by atoms with Crippen molar-refractivity contribution in [2.45, 2.75) is 47.0 Å². The molecule has 0 aliphatic heterocycles. The first-order chi connectivity index (χ1) is 10.6. The van der Waals surface area contributed by atoms with E-state index in [2.05, 4.69) is 38.7 Å². The molecule has 0 amide bonds. The SMILES string of the molecule is CC(C)CN(CC(C)C)c1ccc(C(C)(C)C#N)cc1[N+](=O)[O-]. The molecule has 0 atom stereocenters. The highest BCUT2D eigenvalue weighted by Crippen LogP contribution is 2.34. The minimum atomic E-state index is -0.746. The Morgan fingerprint density at radius 1 is 1.22 bits per heavy atom. The van der Waals surface area contributed by atoms with E-state index in [0.717, 1.165) is 13.1 Å². The topological polar surface area (TPSA) is 70.2 Å². The van der Waals surface area contributed by atoms with Crippen LogP contribution in [0.15, 0.2) is 18.2 Å². The van der Waals surface area contributed by atoms with Crippen molar-refractivity contribution in [1.29, 1.82) is 5.26 Å². The van der Waals surface area contributed by atoms with E-state index in [1.54, 1.807) is 26.0 Å². The van der Waals surface area contributed by atoms with Gasteiger partial charge in [-0.3, -0.25) is 10.1 Å². The van der Waals surface area contributed by atoms with E-state index in [0.29, 0.717) is 23.1 Å². The third-order valence-corrected chi connectivity index (χ3v) is 3.69. The van der Waals surface area contributed by atoms with E-state index in [-0.39, 0.29) is 10.6 Å². The summed E-state index contributed by atoms with van der Waals surface area (Å²) in [6, 6.07) is 7.37. The molecule has 0 N–H and O–H groups in total. The van der Waals surface area contributed by atoms with Gasteiger partial charge in [-0.15, -0.1) is 0 Å². The van der Waals surface area contributed by atoms with Crippen molar-refractivity contribution in [3.63, 3.8) is 0 Å². The molecule has 1 aromatic rings. The zero-order valence-electron chi connectivity index (χ0n) is 15.0. The second-order valence-corrected chi connectivity index (χ2v) is 7.39. The van der Waals surface area contributed by atoms with E-state index < -0.39 is 5.41 Å². The number of nitriles is 1. The Hall–Kier alpha value is -2.09. The van der Waals surface area contributed by atoms with Crippen LogP contribution in [0.2, 0.25) is 0 Å². The minimum Gasteiger partial charge on any atom is -0.365 e. The Balaban J connectivity index is 3.38. The fraction of sp³-hybridized carbons (Fsp3) is 0.611. The summed E-state index contributed by atoms with van der Waals surface area (Å²) in [5.74, 6) is 0.812. The van der Waals surface area contributed by atoms with Gasteiger partial charge in [0.2, 0.25) is 0 Å². The largest absolute Gasteiger partial charge is 0.365 e. The van der Waals surface area contributed by atoms with Crippen LogP contribution in [0.4, 0.5) is 11.4 Å². The molecule has 1 aromatic carbocycles. The van der Waals surface area contributed by atoms with E-state index in [4.69, 9.17) is 0 Å². The second kappa shape index (κ2) is 7.45. The number of benzene rings is 1. The summed E-state index contributed by atoms with van der Waals surface area (Å²) < 4.78 is 0. The lowest BCUT2D eigenvalue weighted by Gasteiger charge is -2.29. The molecule has 0 radical (unpaired) electrons. The number of nitro groups is 1. The Morgan fingerprint density at radius 2 is 1.74 bits per heavy atom. The lowest BCUT2D eigenvalue weighted by molar-refractivity contribution is -0.384. The van der Waals surface area contributed by atoms with Gasteiger partial charge in [0, 0.05) is 19.2 Å². The molecule has 0 saturated carbocycles. The molecule has 0 saturated heterocycles. The Bertz CT molecular complexity index is 591. The van der Waals surface area contributed by atoms with Gasteiger partial charge in [-0.2, -0.15) is 5.26 Å². The molecule has 0 aliphatic rings. The predicted octanol–water partition coefficient (Wildman–Crippen LogP) is 4.51. The molecule has 126 valence electrons. The van der Waals surface area contributed by atoms with Crippen LogP contribution in [-0.2, 0) is 5.41 Å². The van der Waals surface area contributed by atoms with Gasteiger partial charge in [0.1, 0.15) is 5.69 Å². The monoisotopic (exact) mass is 317 g/mol. The molecule has 0 aliphatic carbocycles. The molecule has 1 rings (SSSR count). The first kappa shape index (κ1) is 19.0. The fourth-order valence-electron chi connectivity index (χ4n) is 2.54. The summed E-state index contributed by atoms with van der Waals surface area (Å²) in [5, 5.41) is 20.8. The van der Waals surface area contributed by atoms with Crippen LogP contribution in [0.25, 0.3) is 0 Å². The quantitative estimate of drug-likeness (QED) is 0.548. The van der Waals surface area contributed by atoms with E-state index in [1.165, 1.54) is 0 Å². The maximum Gasteiger partial charge on any atom is 0.292 e. The van der Waals surface area contributed by atoms with Crippen LogP contribution in [0.1, 0.15) is 47.1 Å². The van der Waals surface area contributed by atoms with Crippen LogP contribution < -0.4 is 4.90 Å². The number of hydrogen-bond donors (Lipinski definition) is 0. The maximum atomic E-state index is 11.6. The lowest BCUT2D eigenvalue weighted by Crippen LogP contribution is -2.32. The highest BCUT2D eigenvalue weighted by Gasteiger charge is 2.26. The molecule has 5 heteroatoms. The summed E-state index contributed by atoms with van der Waals surface area (Å²) in [6.07, 6.45) is 0. The van der Waals surface area contributed by atoms with Crippen LogP contribution >= 0.6 is 0 Å². The van der Waals surface area contributed by atoms with Crippen LogP contribution in [-0.4, -0.2) is 18.0 Å². The van der Waals surface area contributed by atoms with Crippen molar-refractivity contribution >= 4 is 11.4 Å². The van der Waals surface area contributed by atoms with Crippen molar-refractivity contribution in [2.75, 3.05) is 18.0 Å². The molecular formula is C18H27N3O2. The molecule has 23 heavy (non-hydrogen) atoms. The third kappa shape index (κ3) is 4.95. The van der Waals surface area contributed by atoms with Crippen molar-refractivity contribution in [3.05, 3.63) is 33.9 Å². The summed E-state index contributed by atoms with van der Waals surface area (Å²) >= 11 is 0. The molecule has 0 unspecified atom stereocenters. The van der Waals surface area contributed by atoms with Gasteiger partial charge in [-0.05, 0) is 37.3 Å². The van der Waals surface area contributed by atoms with Gasteiger partial charge in [-0.1, -0.05) is 33.8 Å². The normalized spacial score (nSPS) is 11.6. The standard InChI is InChI=1S/C18H27N3O2/c1-13(2)10-20(11-14(3)4)16-8-7-15(18(5,6)12-19)9-17(16)21(22)23/h7-9,13-14H,10-11H2,1-6H3. The highest BCUT2D eigenvalue weighted by atomic mass is 16.6. The Morgan fingerprint density at radius 3 is 2.13 bits per heavy atom. The molecular weight excluding hydrogens is 290 g/mol. The van der Waals surface area contributed by atoms with Crippen LogP contribution in [0.5, 0.6) is 0 Å². The zero-order chi connectivity index (χ0) is 17.8. The van der Waals surface area contributed by atoms with Gasteiger partial charge in [-0.25, -0.2) is 0 Å². The number of hydrogen-bond acceptors (Lipinski definition) is 4. The van der Waals surface area contributed by atoms with E-state index >= 15 is 0 Å². The average Bonchev–Trinajstić information content (AvgIpc) is 2.44. The second-order valence-electron chi connectivity index (χ2n) is 7.39. The summed E-state index contributed by atoms with van der Waals surface area (Å²) in [7, 11) is 0. The minimum absolute atomic E-state index is 0.0760. The molecule has 0 heterocycles. The van der Waals surface area contributed by atoms with Crippen molar-refractivity contribution < 1.29 is 4.92 Å². The molecule has 0 bridgehead atoms. The van der Waals surface area contributed by atoms with E-state index in [1.807, 2.05) is 6.07 Å². The summed E-state index contributed by atoms with van der Waals surface area (Å²) in [6.45, 7) is 13.5. The van der Waals surface area contributed by atoms with Gasteiger partial charge < -0.3 is 4.90 Å². The summed E-state index contributed by atoms with van der Waals surface area (Å²) in [5.41, 5.74) is 0.635. The number of rotatable bonds is 7. The number of nitrogens with zero attached hydrogens (tertiary/aromatic N) is 3. The number of anilines is 1. The van der Waals surface area contributed by atoms with Gasteiger partial charge >= 0.3 is 0 Å². The smallest absolute Gasteiger partial charge is 0.292 e. The number of nitro benzene ring substituents is 1. The first-order valence-corrected chi connectivity index (χ1v) is 8.03. The zero-order valence-corrected chi connectivity index (χ0v) is 15.0. The fourth-order valence-corrected chi connectivity index (χ4v) is 2.54. The lowest BCUT2D eigenvalue weighted by atomic mass is 9.86. The molecule has 0 spiro atoms. The first-order valence-electron chi connectivity index (χ1n) is 8.03. The highest BCUT2D eigenvalue weighted by molar-refractivity contribution is 5.65. The summed E-state index contributed by atoms with van der Waals surface area (Å²) in [4.78, 5) is 13.3.